The maximum absolute atomic E-state index is 12.0. The molecule has 0 aliphatic carbocycles. The van der Waals surface area contributed by atoms with Crippen molar-refractivity contribution in [3.63, 3.8) is 0 Å². The average molecular weight is 312 g/mol. The van der Waals surface area contributed by atoms with Crippen LogP contribution in [0.2, 0.25) is 0 Å². The molecule has 7 nitrogen and oxygen atoms in total. The molecule has 0 spiro atoms. The number of H-pyrrole nitrogens is 1. The summed E-state index contributed by atoms with van der Waals surface area (Å²) in [4.78, 5) is 23.7. The van der Waals surface area contributed by atoms with Crippen molar-refractivity contribution in [2.24, 2.45) is 0 Å². The van der Waals surface area contributed by atoms with E-state index in [0.29, 0.717) is 13.0 Å². The van der Waals surface area contributed by atoms with Gasteiger partial charge < -0.3 is 10.3 Å². The molecule has 23 heavy (non-hydrogen) atoms. The molecule has 0 fully saturated rings. The van der Waals surface area contributed by atoms with Crippen molar-refractivity contribution >= 4 is 16.9 Å². The van der Waals surface area contributed by atoms with Crippen LogP contribution in [0.25, 0.3) is 11.0 Å². The van der Waals surface area contributed by atoms with Crippen molar-refractivity contribution in [2.45, 2.75) is 39.3 Å². The molecule has 0 radical (unpaired) electrons. The quantitative estimate of drug-likeness (QED) is 0.729. The molecule has 1 amide bonds. The summed E-state index contributed by atoms with van der Waals surface area (Å²) < 4.78 is 1.72. The normalized spacial score (nSPS) is 12.4. The largest absolute Gasteiger partial charge is 0.346 e. The molecule has 0 bridgehead atoms. The van der Waals surface area contributed by atoms with Crippen molar-refractivity contribution in [3.8, 4) is 0 Å². The van der Waals surface area contributed by atoms with Gasteiger partial charge in [-0.2, -0.15) is 5.10 Å². The standard InChI is InChI=1S/C16H20N6O/c1-11-5-6-13-14(8-11)21-16(20-13)12(2)19-15(23)4-3-7-22-10-17-9-18-22/h5-6,8-10,12H,3-4,7H2,1-2H3,(H,19,23)(H,20,21)/t12-/m1/s1. The first-order valence-corrected chi connectivity index (χ1v) is 7.70. The summed E-state index contributed by atoms with van der Waals surface area (Å²) >= 11 is 0. The van der Waals surface area contributed by atoms with Crippen molar-refractivity contribution in [3.05, 3.63) is 42.2 Å². The molecule has 3 rings (SSSR count). The second-order valence-corrected chi connectivity index (χ2v) is 5.69. The second kappa shape index (κ2) is 6.60. The highest BCUT2D eigenvalue weighted by Crippen LogP contribution is 2.17. The first-order chi connectivity index (χ1) is 11.1. The summed E-state index contributed by atoms with van der Waals surface area (Å²) in [5.41, 5.74) is 3.09. The third-order valence-corrected chi connectivity index (χ3v) is 3.70. The van der Waals surface area contributed by atoms with Gasteiger partial charge in [-0.05, 0) is 38.0 Å². The van der Waals surface area contributed by atoms with Crippen molar-refractivity contribution < 1.29 is 4.79 Å². The molecule has 0 aliphatic rings. The van der Waals surface area contributed by atoms with E-state index in [4.69, 9.17) is 0 Å². The molecule has 1 atom stereocenters. The zero-order chi connectivity index (χ0) is 16.2. The highest BCUT2D eigenvalue weighted by Gasteiger charge is 2.13. The number of benzene rings is 1. The number of aromatic amines is 1. The highest BCUT2D eigenvalue weighted by atomic mass is 16.1. The van der Waals surface area contributed by atoms with Crippen molar-refractivity contribution in [2.75, 3.05) is 0 Å². The van der Waals surface area contributed by atoms with E-state index in [1.54, 1.807) is 11.0 Å². The van der Waals surface area contributed by atoms with E-state index in [1.165, 1.54) is 11.9 Å². The minimum absolute atomic E-state index is 0.00857. The zero-order valence-electron chi connectivity index (χ0n) is 13.3. The summed E-state index contributed by atoms with van der Waals surface area (Å²) in [6, 6.07) is 5.91. The molecule has 0 unspecified atom stereocenters. The predicted molar refractivity (Wildman–Crippen MR) is 86.6 cm³/mol. The summed E-state index contributed by atoms with van der Waals surface area (Å²) in [6.07, 6.45) is 4.31. The molecule has 2 heterocycles. The lowest BCUT2D eigenvalue weighted by Gasteiger charge is -2.11. The number of hydrogen-bond donors (Lipinski definition) is 2. The first kappa shape index (κ1) is 15.2. The molecule has 0 saturated carbocycles. The number of fused-ring (bicyclic) bond motifs is 1. The molecule has 120 valence electrons. The smallest absolute Gasteiger partial charge is 0.220 e. The number of carbonyl (C=O) groups is 1. The van der Waals surface area contributed by atoms with Crippen molar-refractivity contribution in [1.82, 2.24) is 30.0 Å². The van der Waals surface area contributed by atoms with Gasteiger partial charge in [0.05, 0.1) is 17.1 Å². The molecule has 0 aliphatic heterocycles. The number of rotatable bonds is 6. The Morgan fingerprint density at radius 3 is 3.09 bits per heavy atom. The average Bonchev–Trinajstić information content (AvgIpc) is 3.15. The molecular weight excluding hydrogens is 292 g/mol. The predicted octanol–water partition coefficient (Wildman–Crippen LogP) is 2.12. The molecule has 2 aromatic heterocycles. The fourth-order valence-corrected chi connectivity index (χ4v) is 2.48. The van der Waals surface area contributed by atoms with E-state index in [0.717, 1.165) is 23.3 Å². The molecular formula is C16H20N6O. The summed E-state index contributed by atoms with van der Waals surface area (Å²) in [5, 5.41) is 6.99. The monoisotopic (exact) mass is 312 g/mol. The van der Waals surface area contributed by atoms with Crippen LogP contribution in [-0.4, -0.2) is 30.6 Å². The lowest BCUT2D eigenvalue weighted by atomic mass is 10.2. The minimum atomic E-state index is -0.151. The third kappa shape index (κ3) is 3.74. The Kier molecular flexibility index (Phi) is 4.36. The second-order valence-electron chi connectivity index (χ2n) is 5.69. The third-order valence-electron chi connectivity index (χ3n) is 3.70. The van der Waals surface area contributed by atoms with Gasteiger partial charge in [0.2, 0.25) is 5.91 Å². The Morgan fingerprint density at radius 2 is 2.30 bits per heavy atom. The topological polar surface area (TPSA) is 88.5 Å². The number of nitrogens with one attached hydrogen (secondary N) is 2. The molecule has 1 aromatic carbocycles. The van der Waals surface area contributed by atoms with E-state index in [1.807, 2.05) is 26.0 Å². The first-order valence-electron chi connectivity index (χ1n) is 7.70. The van der Waals surface area contributed by atoms with Gasteiger partial charge in [-0.15, -0.1) is 0 Å². The number of aromatic nitrogens is 5. The van der Waals surface area contributed by atoms with Gasteiger partial charge in [0.15, 0.2) is 0 Å². The van der Waals surface area contributed by atoms with E-state index < -0.39 is 0 Å². The van der Waals surface area contributed by atoms with E-state index in [2.05, 4.69) is 31.4 Å². The molecule has 3 aromatic rings. The van der Waals surface area contributed by atoms with E-state index in [9.17, 15) is 4.79 Å². The number of nitrogens with zero attached hydrogens (tertiary/aromatic N) is 4. The number of imidazole rings is 1. The fourth-order valence-electron chi connectivity index (χ4n) is 2.48. The summed E-state index contributed by atoms with van der Waals surface area (Å²) in [7, 11) is 0. The Labute approximate surface area is 134 Å². The Hall–Kier alpha value is -2.70. The van der Waals surface area contributed by atoms with Crippen LogP contribution in [0.3, 0.4) is 0 Å². The van der Waals surface area contributed by atoms with Crippen molar-refractivity contribution in [1.29, 1.82) is 0 Å². The minimum Gasteiger partial charge on any atom is -0.346 e. The van der Waals surface area contributed by atoms with Crippen LogP contribution in [0.4, 0.5) is 0 Å². The molecule has 7 heteroatoms. The number of hydrogen-bond acceptors (Lipinski definition) is 4. The van der Waals surface area contributed by atoms with Gasteiger partial charge in [-0.3, -0.25) is 9.48 Å². The number of amides is 1. The van der Waals surface area contributed by atoms with Crippen LogP contribution in [0.5, 0.6) is 0 Å². The summed E-state index contributed by atoms with van der Waals surface area (Å²) in [5.74, 6) is 0.782. The lowest BCUT2D eigenvalue weighted by molar-refractivity contribution is -0.121. The number of aryl methyl sites for hydroxylation is 2. The SMILES string of the molecule is Cc1ccc2nc([C@@H](C)NC(=O)CCCn3cncn3)[nH]c2c1. The number of carbonyl (C=O) groups excluding carboxylic acids is 1. The fraction of sp³-hybridized carbons (Fsp3) is 0.375. The van der Waals surface area contributed by atoms with Crippen LogP contribution in [-0.2, 0) is 11.3 Å². The van der Waals surface area contributed by atoms with Gasteiger partial charge in [-0.1, -0.05) is 6.07 Å². The van der Waals surface area contributed by atoms with Gasteiger partial charge >= 0.3 is 0 Å². The lowest BCUT2D eigenvalue weighted by Crippen LogP contribution is -2.27. The van der Waals surface area contributed by atoms with E-state index >= 15 is 0 Å². The van der Waals surface area contributed by atoms with Crippen LogP contribution in [0.1, 0.15) is 37.2 Å². The van der Waals surface area contributed by atoms with Gasteiger partial charge in [-0.25, -0.2) is 9.97 Å². The van der Waals surface area contributed by atoms with Crippen LogP contribution >= 0.6 is 0 Å². The van der Waals surface area contributed by atoms with Gasteiger partial charge in [0.25, 0.3) is 0 Å². The van der Waals surface area contributed by atoms with Gasteiger partial charge in [0.1, 0.15) is 18.5 Å². The maximum Gasteiger partial charge on any atom is 0.220 e. The Morgan fingerprint density at radius 1 is 1.43 bits per heavy atom. The van der Waals surface area contributed by atoms with E-state index in [-0.39, 0.29) is 11.9 Å². The molecule has 0 saturated heterocycles. The highest BCUT2D eigenvalue weighted by molar-refractivity contribution is 5.77. The molecule has 2 N–H and O–H groups in total. The summed E-state index contributed by atoms with van der Waals surface area (Å²) in [6.45, 7) is 4.66. The van der Waals surface area contributed by atoms with Crippen LogP contribution < -0.4 is 5.32 Å². The van der Waals surface area contributed by atoms with Crippen LogP contribution in [0, 0.1) is 6.92 Å². The van der Waals surface area contributed by atoms with Crippen LogP contribution in [0.15, 0.2) is 30.9 Å². The zero-order valence-corrected chi connectivity index (χ0v) is 13.3. The maximum atomic E-state index is 12.0. The Bertz CT molecular complexity index is 792. The Balaban J connectivity index is 1.54. The van der Waals surface area contributed by atoms with Gasteiger partial charge in [0, 0.05) is 13.0 Å².